The molecular weight excluding hydrogens is 358 g/mol. The Labute approximate surface area is 156 Å². The molecule has 1 fully saturated rings. The van der Waals surface area contributed by atoms with Crippen molar-refractivity contribution in [2.24, 2.45) is 0 Å². The van der Waals surface area contributed by atoms with Crippen LogP contribution < -0.4 is 5.32 Å². The minimum absolute atomic E-state index is 0.333. The molecule has 1 aliphatic rings. The number of hydrogen-bond donors (Lipinski definition) is 1. The number of ether oxygens (including phenoxy) is 1. The van der Waals surface area contributed by atoms with Crippen LogP contribution in [0.1, 0.15) is 24.0 Å². The minimum atomic E-state index is 0.333. The van der Waals surface area contributed by atoms with Gasteiger partial charge >= 0.3 is 0 Å². The van der Waals surface area contributed by atoms with Crippen molar-refractivity contribution in [3.8, 4) is 0 Å². The zero-order valence-corrected chi connectivity index (χ0v) is 16.5. The lowest BCUT2D eigenvalue weighted by atomic mass is 10.1. The van der Waals surface area contributed by atoms with E-state index in [0.29, 0.717) is 6.10 Å². The van der Waals surface area contributed by atoms with Gasteiger partial charge in [0.25, 0.3) is 0 Å². The Morgan fingerprint density at radius 3 is 2.88 bits per heavy atom. The van der Waals surface area contributed by atoms with Gasteiger partial charge in [0.05, 0.1) is 6.10 Å². The molecule has 7 heteroatoms. The van der Waals surface area contributed by atoms with Crippen molar-refractivity contribution in [2.75, 3.05) is 30.0 Å². The first kappa shape index (κ1) is 18.0. The molecule has 0 saturated carbocycles. The summed E-state index contributed by atoms with van der Waals surface area (Å²) in [7, 11) is 0. The second-order valence-corrected chi connectivity index (χ2v) is 9.32. The highest BCUT2D eigenvalue weighted by molar-refractivity contribution is 8.03. The third-order valence-electron chi connectivity index (χ3n) is 3.97. The number of nitrogens with one attached hydrogen (secondary N) is 1. The van der Waals surface area contributed by atoms with Crippen molar-refractivity contribution in [2.45, 2.75) is 42.0 Å². The van der Waals surface area contributed by atoms with Gasteiger partial charge in [0.2, 0.25) is 5.13 Å². The molecule has 130 valence electrons. The largest absolute Gasteiger partial charge is 0.376 e. The topological polar surface area (TPSA) is 47.0 Å². The van der Waals surface area contributed by atoms with Crippen LogP contribution in [-0.2, 0) is 4.74 Å². The molecule has 0 amide bonds. The van der Waals surface area contributed by atoms with Gasteiger partial charge in [-0.1, -0.05) is 29.2 Å². The molecule has 2 heterocycles. The molecule has 0 aliphatic carbocycles. The summed E-state index contributed by atoms with van der Waals surface area (Å²) in [5.41, 5.74) is 2.71. The lowest BCUT2D eigenvalue weighted by Crippen LogP contribution is -2.18. The number of thioether (sulfide) groups is 2. The molecule has 0 spiro atoms. The maximum absolute atomic E-state index is 5.60. The predicted octanol–water partition coefficient (Wildman–Crippen LogP) is 4.63. The maximum atomic E-state index is 5.60. The van der Waals surface area contributed by atoms with Gasteiger partial charge in [-0.3, -0.25) is 0 Å². The number of hydrogen-bond acceptors (Lipinski definition) is 7. The van der Waals surface area contributed by atoms with Crippen molar-refractivity contribution in [1.29, 1.82) is 0 Å². The Morgan fingerprint density at radius 1 is 1.21 bits per heavy atom. The number of nitrogens with zero attached hydrogens (tertiary/aromatic N) is 2. The first-order valence-corrected chi connectivity index (χ1v) is 11.0. The van der Waals surface area contributed by atoms with Crippen LogP contribution in [0, 0.1) is 13.8 Å². The monoisotopic (exact) mass is 381 g/mol. The molecule has 4 nitrogen and oxygen atoms in total. The summed E-state index contributed by atoms with van der Waals surface area (Å²) >= 11 is 5.31. The van der Waals surface area contributed by atoms with E-state index in [4.69, 9.17) is 4.74 Å². The first-order chi connectivity index (χ1) is 11.7. The summed E-state index contributed by atoms with van der Waals surface area (Å²) < 4.78 is 6.64. The quantitative estimate of drug-likeness (QED) is 0.531. The predicted molar refractivity (Wildman–Crippen MR) is 105 cm³/mol. The summed E-state index contributed by atoms with van der Waals surface area (Å²) in [5, 5.41) is 12.7. The van der Waals surface area contributed by atoms with Crippen molar-refractivity contribution in [3.05, 3.63) is 29.3 Å². The van der Waals surface area contributed by atoms with E-state index >= 15 is 0 Å². The Hall–Kier alpha value is -0.760. The Kier molecular flexibility index (Phi) is 6.83. The summed E-state index contributed by atoms with van der Waals surface area (Å²) in [6.45, 7) is 6.05. The summed E-state index contributed by atoms with van der Waals surface area (Å²) in [5.74, 6) is 2.11. The third kappa shape index (κ3) is 5.37. The number of benzene rings is 1. The molecular formula is C17H23N3OS3. The van der Waals surface area contributed by atoms with Gasteiger partial charge in [-0.15, -0.1) is 22.0 Å². The summed E-state index contributed by atoms with van der Waals surface area (Å²) in [4.78, 5) is 1.34. The van der Waals surface area contributed by atoms with Gasteiger partial charge in [0, 0.05) is 29.6 Å². The van der Waals surface area contributed by atoms with Gasteiger partial charge in [0.15, 0.2) is 4.34 Å². The Morgan fingerprint density at radius 2 is 2.08 bits per heavy atom. The van der Waals surface area contributed by atoms with E-state index in [2.05, 4.69) is 47.6 Å². The highest BCUT2D eigenvalue weighted by Gasteiger charge is 2.15. The molecule has 1 N–H and O–H groups in total. The lowest BCUT2D eigenvalue weighted by Gasteiger charge is -2.08. The van der Waals surface area contributed by atoms with E-state index in [1.54, 1.807) is 23.1 Å². The molecule has 24 heavy (non-hydrogen) atoms. The van der Waals surface area contributed by atoms with Gasteiger partial charge in [-0.05, 0) is 49.9 Å². The lowest BCUT2D eigenvalue weighted by molar-refractivity contribution is 0.120. The number of aromatic nitrogens is 2. The van der Waals surface area contributed by atoms with Gasteiger partial charge in [-0.2, -0.15) is 0 Å². The van der Waals surface area contributed by atoms with E-state index in [9.17, 15) is 0 Å². The summed E-state index contributed by atoms with van der Waals surface area (Å²) in [6, 6.07) is 6.67. The fourth-order valence-electron chi connectivity index (χ4n) is 2.44. The SMILES string of the molecule is Cc1ccc(SCCSc2nnc(NC[C@H]3CCCO3)s2)cc1C. The normalized spacial score (nSPS) is 17.3. The van der Waals surface area contributed by atoms with E-state index in [1.165, 1.54) is 22.4 Å². The van der Waals surface area contributed by atoms with Gasteiger partial charge in [-0.25, -0.2) is 0 Å². The van der Waals surface area contributed by atoms with Crippen LogP contribution >= 0.6 is 34.9 Å². The van der Waals surface area contributed by atoms with Crippen molar-refractivity contribution in [3.63, 3.8) is 0 Å². The molecule has 0 unspecified atom stereocenters. The molecule has 1 atom stereocenters. The zero-order chi connectivity index (χ0) is 16.8. The fourth-order valence-corrected chi connectivity index (χ4v) is 5.24. The third-order valence-corrected chi connectivity index (χ3v) is 7.24. The van der Waals surface area contributed by atoms with Crippen LogP contribution in [0.4, 0.5) is 5.13 Å². The van der Waals surface area contributed by atoms with Crippen molar-refractivity contribution in [1.82, 2.24) is 10.2 Å². The summed E-state index contributed by atoms with van der Waals surface area (Å²) in [6.07, 6.45) is 2.64. The average Bonchev–Trinajstić information content (AvgIpc) is 3.24. The second kappa shape index (κ2) is 9.08. The second-order valence-electron chi connectivity index (χ2n) is 5.83. The van der Waals surface area contributed by atoms with E-state index in [0.717, 1.165) is 40.5 Å². The molecule has 1 aromatic heterocycles. The van der Waals surface area contributed by atoms with Crippen LogP contribution in [0.2, 0.25) is 0 Å². The molecule has 2 aromatic rings. The van der Waals surface area contributed by atoms with E-state index in [1.807, 2.05) is 11.8 Å². The first-order valence-electron chi connectivity index (χ1n) is 8.22. The Bertz CT molecular complexity index is 656. The average molecular weight is 382 g/mol. The van der Waals surface area contributed by atoms with E-state index in [-0.39, 0.29) is 0 Å². The Balaban J connectivity index is 1.36. The number of rotatable bonds is 8. The smallest absolute Gasteiger partial charge is 0.206 e. The van der Waals surface area contributed by atoms with Crippen LogP contribution in [0.5, 0.6) is 0 Å². The van der Waals surface area contributed by atoms with Gasteiger partial charge < -0.3 is 10.1 Å². The highest BCUT2D eigenvalue weighted by Crippen LogP contribution is 2.28. The van der Waals surface area contributed by atoms with E-state index < -0.39 is 0 Å². The van der Waals surface area contributed by atoms with Crippen LogP contribution in [-0.4, -0.2) is 41.0 Å². The van der Waals surface area contributed by atoms with Crippen molar-refractivity contribution >= 4 is 40.0 Å². The maximum Gasteiger partial charge on any atom is 0.206 e. The number of anilines is 1. The molecule has 0 bridgehead atoms. The molecule has 1 aliphatic heterocycles. The fraction of sp³-hybridized carbons (Fsp3) is 0.529. The van der Waals surface area contributed by atoms with Crippen LogP contribution in [0.3, 0.4) is 0 Å². The molecule has 0 radical (unpaired) electrons. The number of aryl methyl sites for hydroxylation is 2. The minimum Gasteiger partial charge on any atom is -0.376 e. The van der Waals surface area contributed by atoms with Crippen molar-refractivity contribution < 1.29 is 4.74 Å². The highest BCUT2D eigenvalue weighted by atomic mass is 32.2. The molecule has 1 aromatic carbocycles. The molecule has 1 saturated heterocycles. The standard InChI is InChI=1S/C17H23N3OS3/c1-12-5-6-15(10-13(12)2)22-8-9-23-17-20-19-16(24-17)18-11-14-4-3-7-21-14/h5-6,10,14H,3-4,7-9,11H2,1-2H3,(H,18,19)/t14-/m1/s1. The molecule has 3 rings (SSSR count). The zero-order valence-electron chi connectivity index (χ0n) is 14.1. The van der Waals surface area contributed by atoms with Gasteiger partial charge in [0.1, 0.15) is 0 Å². The van der Waals surface area contributed by atoms with Crippen LogP contribution in [0.25, 0.3) is 0 Å². The van der Waals surface area contributed by atoms with Crippen LogP contribution in [0.15, 0.2) is 27.4 Å².